The molecule has 0 N–H and O–H groups in total. The van der Waals surface area contributed by atoms with Crippen LogP contribution >= 0.6 is 11.8 Å². The van der Waals surface area contributed by atoms with Crippen molar-refractivity contribution in [2.24, 2.45) is 0 Å². The average molecular weight is 390 g/mol. The number of nitriles is 1. The number of hydrogen-bond acceptors (Lipinski definition) is 4. The van der Waals surface area contributed by atoms with E-state index in [2.05, 4.69) is 42.2 Å². The molecular formula is C23H23N3OS. The Kier molecular flexibility index (Phi) is 5.15. The van der Waals surface area contributed by atoms with Gasteiger partial charge < -0.3 is 4.90 Å². The third kappa shape index (κ3) is 3.29. The van der Waals surface area contributed by atoms with Crippen LogP contribution in [0.2, 0.25) is 0 Å². The number of fused-ring (bicyclic) bond motifs is 1. The maximum atomic E-state index is 13.0. The van der Waals surface area contributed by atoms with Crippen molar-refractivity contribution < 1.29 is 4.79 Å². The van der Waals surface area contributed by atoms with E-state index >= 15 is 0 Å². The number of aryl methyl sites for hydroxylation is 2. The Morgan fingerprint density at radius 3 is 2.61 bits per heavy atom. The van der Waals surface area contributed by atoms with Gasteiger partial charge in [0.2, 0.25) is 5.91 Å². The fraction of sp³-hybridized carbons (Fsp3) is 0.304. The molecule has 0 aliphatic carbocycles. The molecule has 0 aromatic heterocycles. The second kappa shape index (κ2) is 7.73. The van der Waals surface area contributed by atoms with Gasteiger partial charge in [-0.2, -0.15) is 5.26 Å². The molecule has 0 spiro atoms. The van der Waals surface area contributed by atoms with Gasteiger partial charge in [0.1, 0.15) is 0 Å². The van der Waals surface area contributed by atoms with E-state index in [4.69, 9.17) is 0 Å². The first-order valence-corrected chi connectivity index (χ1v) is 10.6. The molecule has 0 unspecified atom stereocenters. The lowest BCUT2D eigenvalue weighted by Gasteiger charge is -2.42. The second-order valence-corrected chi connectivity index (χ2v) is 8.17. The first-order valence-electron chi connectivity index (χ1n) is 9.59. The predicted octanol–water partition coefficient (Wildman–Crippen LogP) is 4.78. The molecule has 5 heteroatoms. The zero-order valence-corrected chi connectivity index (χ0v) is 17.0. The van der Waals surface area contributed by atoms with Crippen LogP contribution in [0.25, 0.3) is 0 Å². The Balaban J connectivity index is 1.65. The summed E-state index contributed by atoms with van der Waals surface area (Å²) < 4.78 is 0. The van der Waals surface area contributed by atoms with E-state index in [-0.39, 0.29) is 11.8 Å². The molecule has 1 atom stereocenters. The minimum Gasteiger partial charge on any atom is -0.344 e. The van der Waals surface area contributed by atoms with Crippen LogP contribution in [0.4, 0.5) is 5.69 Å². The number of hydrogen-bond donors (Lipinski definition) is 0. The third-order valence-electron chi connectivity index (χ3n) is 5.57. The van der Waals surface area contributed by atoms with Gasteiger partial charge in [-0.3, -0.25) is 9.69 Å². The van der Waals surface area contributed by atoms with Crippen LogP contribution in [0.3, 0.4) is 0 Å². The summed E-state index contributed by atoms with van der Waals surface area (Å²) in [4.78, 5) is 17.0. The molecule has 2 aromatic rings. The summed E-state index contributed by atoms with van der Waals surface area (Å²) in [6, 6.07) is 19.0. The number of carbonyl (C=O) groups excluding carboxylic acids is 1. The number of nitrogens with zero attached hydrogens (tertiary/aromatic N) is 3. The van der Waals surface area contributed by atoms with Crippen LogP contribution in [-0.4, -0.2) is 23.4 Å². The van der Waals surface area contributed by atoms with Crippen molar-refractivity contribution in [1.29, 1.82) is 5.26 Å². The summed E-state index contributed by atoms with van der Waals surface area (Å²) in [5.41, 5.74) is 5.34. The molecule has 1 fully saturated rings. The number of thioether (sulfide) groups is 1. The average Bonchev–Trinajstić information content (AvgIpc) is 2.74. The number of amides is 1. The lowest BCUT2D eigenvalue weighted by Crippen LogP contribution is -2.47. The number of allylic oxidation sites excluding steroid dienone is 1. The molecule has 2 aromatic carbocycles. The van der Waals surface area contributed by atoms with Gasteiger partial charge in [0.25, 0.3) is 0 Å². The van der Waals surface area contributed by atoms with E-state index in [1.165, 1.54) is 5.56 Å². The van der Waals surface area contributed by atoms with Crippen LogP contribution in [0.1, 0.15) is 36.0 Å². The van der Waals surface area contributed by atoms with Crippen molar-refractivity contribution in [3.05, 3.63) is 75.8 Å². The number of carbonyl (C=O) groups is 1. The van der Waals surface area contributed by atoms with Crippen LogP contribution in [0.5, 0.6) is 0 Å². The molecular weight excluding hydrogens is 366 g/mol. The minimum atomic E-state index is -0.146. The van der Waals surface area contributed by atoms with Gasteiger partial charge in [-0.1, -0.05) is 55.1 Å². The Morgan fingerprint density at radius 2 is 1.93 bits per heavy atom. The summed E-state index contributed by atoms with van der Waals surface area (Å²) >= 11 is 1.59. The Hall–Kier alpha value is -2.71. The van der Waals surface area contributed by atoms with Crippen LogP contribution in [0.15, 0.2) is 59.1 Å². The second-order valence-electron chi connectivity index (χ2n) is 7.24. The van der Waals surface area contributed by atoms with Crippen molar-refractivity contribution in [1.82, 2.24) is 4.90 Å². The van der Waals surface area contributed by atoms with Gasteiger partial charge in [-0.25, -0.2) is 0 Å². The standard InChI is InChI=1S/C23H23N3OS/c1-3-17-8-10-18(11-9-17)25-14-26-22(27)12-20(19-7-5-4-6-16(19)2)21(13-24)23(26)28-15-25/h4-11,20H,3,12,14-15H2,1-2H3/t20-/m0/s1. The van der Waals surface area contributed by atoms with E-state index in [0.29, 0.717) is 13.1 Å². The van der Waals surface area contributed by atoms with E-state index in [0.717, 1.165) is 39.7 Å². The fourth-order valence-corrected chi connectivity index (χ4v) is 5.08. The highest BCUT2D eigenvalue weighted by Gasteiger charge is 2.38. The Labute approximate surface area is 170 Å². The number of anilines is 1. The molecule has 4 rings (SSSR count). The van der Waals surface area contributed by atoms with E-state index < -0.39 is 0 Å². The van der Waals surface area contributed by atoms with Gasteiger partial charge in [-0.15, -0.1) is 0 Å². The molecule has 0 saturated carbocycles. The first-order chi connectivity index (χ1) is 13.6. The summed E-state index contributed by atoms with van der Waals surface area (Å²) in [6.45, 7) is 4.68. The van der Waals surface area contributed by atoms with E-state index in [9.17, 15) is 10.1 Å². The molecule has 0 bridgehead atoms. The summed E-state index contributed by atoms with van der Waals surface area (Å²) in [6.07, 6.45) is 1.36. The number of benzene rings is 2. The molecule has 28 heavy (non-hydrogen) atoms. The lowest BCUT2D eigenvalue weighted by molar-refractivity contribution is -0.129. The van der Waals surface area contributed by atoms with Gasteiger partial charge in [-0.05, 0) is 42.2 Å². The van der Waals surface area contributed by atoms with Gasteiger partial charge in [0.15, 0.2) is 0 Å². The molecule has 2 aliphatic rings. The maximum Gasteiger partial charge on any atom is 0.229 e. The van der Waals surface area contributed by atoms with Gasteiger partial charge in [0, 0.05) is 18.0 Å². The normalized spacial score (nSPS) is 19.5. The van der Waals surface area contributed by atoms with E-state index in [1.54, 1.807) is 16.7 Å². The van der Waals surface area contributed by atoms with Crippen LogP contribution < -0.4 is 4.90 Å². The summed E-state index contributed by atoms with van der Waals surface area (Å²) in [7, 11) is 0. The maximum absolute atomic E-state index is 13.0. The van der Waals surface area contributed by atoms with Crippen molar-refractivity contribution in [3.63, 3.8) is 0 Å². The molecule has 142 valence electrons. The van der Waals surface area contributed by atoms with Crippen LogP contribution in [-0.2, 0) is 11.2 Å². The van der Waals surface area contributed by atoms with Crippen molar-refractivity contribution >= 4 is 23.4 Å². The molecule has 1 amide bonds. The van der Waals surface area contributed by atoms with Gasteiger partial charge in [0.05, 0.1) is 29.2 Å². The predicted molar refractivity (Wildman–Crippen MR) is 114 cm³/mol. The molecule has 0 radical (unpaired) electrons. The zero-order valence-electron chi connectivity index (χ0n) is 16.2. The third-order valence-corrected chi connectivity index (χ3v) is 6.72. The molecule has 1 saturated heterocycles. The molecule has 2 heterocycles. The SMILES string of the molecule is CCc1ccc(N2CSC3=C(C#N)[C@H](c4ccccc4C)CC(=O)N3C2)cc1. The van der Waals surface area contributed by atoms with Crippen molar-refractivity contribution in [3.8, 4) is 6.07 Å². The highest BCUT2D eigenvalue weighted by molar-refractivity contribution is 8.03. The monoisotopic (exact) mass is 389 g/mol. The summed E-state index contributed by atoms with van der Waals surface area (Å²) in [5.74, 6) is 0.674. The smallest absolute Gasteiger partial charge is 0.229 e. The van der Waals surface area contributed by atoms with Crippen molar-refractivity contribution in [2.75, 3.05) is 17.4 Å². The quantitative estimate of drug-likeness (QED) is 0.758. The first kappa shape index (κ1) is 18.6. The highest BCUT2D eigenvalue weighted by Crippen LogP contribution is 2.43. The largest absolute Gasteiger partial charge is 0.344 e. The minimum absolute atomic E-state index is 0.0876. The van der Waals surface area contributed by atoms with E-state index in [1.807, 2.05) is 31.2 Å². The molecule has 4 nitrogen and oxygen atoms in total. The number of rotatable bonds is 3. The Bertz CT molecular complexity index is 974. The molecule has 2 aliphatic heterocycles. The lowest BCUT2D eigenvalue weighted by atomic mass is 9.84. The highest BCUT2D eigenvalue weighted by atomic mass is 32.2. The topological polar surface area (TPSA) is 47.3 Å². The van der Waals surface area contributed by atoms with Crippen LogP contribution in [0, 0.1) is 18.3 Å². The zero-order chi connectivity index (χ0) is 19.7. The van der Waals surface area contributed by atoms with Crippen molar-refractivity contribution in [2.45, 2.75) is 32.6 Å². The summed E-state index contributed by atoms with van der Waals surface area (Å²) in [5, 5.41) is 10.7. The Morgan fingerprint density at radius 1 is 1.18 bits per heavy atom. The van der Waals surface area contributed by atoms with Gasteiger partial charge >= 0.3 is 0 Å². The fourth-order valence-electron chi connectivity index (χ4n) is 3.91.